The van der Waals surface area contributed by atoms with E-state index in [0.717, 1.165) is 11.8 Å². The monoisotopic (exact) mass is 704 g/mol. The van der Waals surface area contributed by atoms with Crippen LogP contribution in [0.2, 0.25) is 0 Å². The number of thioether (sulfide) groups is 1. The Morgan fingerprint density at radius 2 is 1.63 bits per heavy atom. The number of esters is 2. The Kier molecular flexibility index (Phi) is 10.2. The molecule has 0 saturated carbocycles. The van der Waals surface area contributed by atoms with Gasteiger partial charge in [0.15, 0.2) is 12.2 Å². The molecule has 18 heteroatoms. The van der Waals surface area contributed by atoms with Crippen LogP contribution in [0.3, 0.4) is 0 Å². The first kappa shape index (κ1) is 35.6. The number of carboxylic acid groups (broad SMARTS) is 1. The van der Waals surface area contributed by atoms with Crippen LogP contribution in [0.4, 0.5) is 10.5 Å². The summed E-state index contributed by atoms with van der Waals surface area (Å²) in [5, 5.41) is 30.8. The smallest absolute Gasteiger partial charge is 0.410 e. The first-order valence-corrected chi connectivity index (χ1v) is 16.4. The highest BCUT2D eigenvalue weighted by molar-refractivity contribution is 8.03. The van der Waals surface area contributed by atoms with Gasteiger partial charge in [-0.2, -0.15) is 0 Å². The molecule has 4 aliphatic heterocycles. The van der Waals surface area contributed by atoms with Crippen molar-refractivity contribution in [3.05, 3.63) is 50.5 Å². The average Bonchev–Trinajstić information content (AvgIpc) is 3.68. The Labute approximate surface area is 284 Å². The molecule has 5 rings (SSSR count). The van der Waals surface area contributed by atoms with Crippen LogP contribution in [0.15, 0.2) is 34.9 Å². The van der Waals surface area contributed by atoms with Crippen molar-refractivity contribution in [1.82, 2.24) is 14.7 Å². The zero-order chi connectivity index (χ0) is 35.9. The molecule has 3 amide bonds. The zero-order valence-electron chi connectivity index (χ0n) is 27.0. The molecule has 1 aromatic rings. The molecule has 0 aromatic heterocycles. The fraction of sp³-hybridized carbons (Fsp3) is 0.548. The normalized spacial score (nSPS) is 28.1. The number of non-ortho nitro benzene ring substituents is 1. The van der Waals surface area contributed by atoms with E-state index in [1.54, 1.807) is 6.92 Å². The second kappa shape index (κ2) is 14.0. The summed E-state index contributed by atoms with van der Waals surface area (Å²) in [7, 11) is 0. The van der Waals surface area contributed by atoms with Crippen LogP contribution in [-0.4, -0.2) is 121 Å². The Balaban J connectivity index is 1.38. The van der Waals surface area contributed by atoms with Crippen LogP contribution in [0.25, 0.3) is 0 Å². The summed E-state index contributed by atoms with van der Waals surface area (Å²) in [6.45, 7) is 5.08. The molecule has 0 unspecified atom stereocenters. The number of nitro groups is 1. The van der Waals surface area contributed by atoms with Crippen LogP contribution in [0.1, 0.15) is 39.7 Å². The maximum atomic E-state index is 14.0. The molecule has 0 spiro atoms. The Morgan fingerprint density at radius 1 is 1.04 bits per heavy atom. The lowest BCUT2D eigenvalue weighted by molar-refractivity contribution is -0.384. The van der Waals surface area contributed by atoms with Crippen molar-refractivity contribution < 1.29 is 58.1 Å². The number of benzene rings is 1. The number of β-lactam (4-membered cyclic amide) rings is 1. The molecular formula is C31H36N4O13S. The van der Waals surface area contributed by atoms with Crippen molar-refractivity contribution in [2.75, 3.05) is 19.6 Å². The summed E-state index contributed by atoms with van der Waals surface area (Å²) in [6, 6.07) is 3.72. The van der Waals surface area contributed by atoms with Crippen molar-refractivity contribution >= 4 is 53.3 Å². The van der Waals surface area contributed by atoms with Crippen LogP contribution in [-0.2, 0) is 44.8 Å². The van der Waals surface area contributed by atoms with Crippen molar-refractivity contribution in [2.24, 2.45) is 11.8 Å². The number of aliphatic hydroxyl groups is 1. The van der Waals surface area contributed by atoms with Crippen LogP contribution in [0, 0.1) is 22.0 Å². The van der Waals surface area contributed by atoms with Gasteiger partial charge in [0, 0.05) is 48.6 Å². The minimum absolute atomic E-state index is 0.0453. The number of aliphatic hydroxyl groups excluding tert-OH is 1. The quantitative estimate of drug-likeness (QED) is 0.115. The number of carboxylic acids is 1. The number of hydrogen-bond donors (Lipinski definition) is 2. The lowest BCUT2D eigenvalue weighted by Gasteiger charge is -2.46. The van der Waals surface area contributed by atoms with E-state index in [0.29, 0.717) is 10.5 Å². The fourth-order valence-electron chi connectivity index (χ4n) is 6.91. The number of nitrogens with zero attached hydrogens (tertiary/aromatic N) is 4. The minimum Gasteiger partial charge on any atom is -0.477 e. The van der Waals surface area contributed by atoms with Gasteiger partial charge in [-0.15, -0.1) is 11.8 Å². The highest BCUT2D eigenvalue weighted by atomic mass is 32.2. The number of likely N-dealkylation sites (tertiary alicyclic amines) is 2. The van der Waals surface area contributed by atoms with E-state index in [-0.39, 0.29) is 44.0 Å². The number of hydrogen-bond acceptors (Lipinski definition) is 13. The maximum Gasteiger partial charge on any atom is 0.410 e. The van der Waals surface area contributed by atoms with Gasteiger partial charge in [-0.25, -0.2) is 9.59 Å². The predicted molar refractivity (Wildman–Crippen MR) is 167 cm³/mol. The molecule has 4 heterocycles. The van der Waals surface area contributed by atoms with Gasteiger partial charge in [0.1, 0.15) is 18.3 Å². The van der Waals surface area contributed by atoms with Crippen molar-refractivity contribution in [2.45, 2.75) is 76.4 Å². The molecule has 3 fully saturated rings. The second-order valence-electron chi connectivity index (χ2n) is 12.4. The van der Waals surface area contributed by atoms with Crippen molar-refractivity contribution in [3.63, 3.8) is 0 Å². The van der Waals surface area contributed by atoms with E-state index in [4.69, 9.17) is 14.2 Å². The fourth-order valence-corrected chi connectivity index (χ4v) is 8.43. The third-order valence-electron chi connectivity index (χ3n) is 9.06. The molecule has 2 N–H and O–H groups in total. The first-order chi connectivity index (χ1) is 23.1. The standard InChI is InChI=1S/C31H36N4O13S/c1-14-25-24(15(2)36)29(40)34(25)26(30(41)42)27(14)49-20-9-21(28(39)32-11-22(47-16(3)37)23(12-32)48-17(4)38)33(10-20)31(43)46-13-18-5-7-19(8-6-18)35(44)45/h5-8,14-15,20-25,36H,9-13H2,1-4H3,(H,41,42)/t14-,15-,20+,21+,22+,23+,24-,25-/m1/s1. The van der Waals surface area contributed by atoms with Gasteiger partial charge in [-0.05, 0) is 31.0 Å². The lowest BCUT2D eigenvalue weighted by Crippen LogP contribution is -2.63. The van der Waals surface area contributed by atoms with Crippen molar-refractivity contribution in [3.8, 4) is 0 Å². The molecule has 0 aliphatic carbocycles. The lowest BCUT2D eigenvalue weighted by atomic mass is 9.79. The molecule has 17 nitrogen and oxygen atoms in total. The zero-order valence-corrected chi connectivity index (χ0v) is 27.9. The van der Waals surface area contributed by atoms with Gasteiger partial charge in [-0.1, -0.05) is 6.92 Å². The largest absolute Gasteiger partial charge is 0.477 e. The highest BCUT2D eigenvalue weighted by Gasteiger charge is 2.60. The summed E-state index contributed by atoms with van der Waals surface area (Å²) < 4.78 is 16.1. The van der Waals surface area contributed by atoms with Crippen molar-refractivity contribution in [1.29, 1.82) is 0 Å². The summed E-state index contributed by atoms with van der Waals surface area (Å²) in [5.74, 6) is -4.84. The summed E-state index contributed by atoms with van der Waals surface area (Å²) in [5.41, 5.74) is 0.115. The predicted octanol–water partition coefficient (Wildman–Crippen LogP) is 1.27. The number of nitro benzene ring substituents is 1. The number of carbonyl (C=O) groups is 6. The Morgan fingerprint density at radius 3 is 2.14 bits per heavy atom. The first-order valence-electron chi connectivity index (χ1n) is 15.5. The van der Waals surface area contributed by atoms with E-state index in [1.165, 1.54) is 59.7 Å². The number of fused-ring (bicyclic) bond motifs is 1. The topological polar surface area (TPSA) is 223 Å². The van der Waals surface area contributed by atoms with E-state index in [9.17, 15) is 49.1 Å². The van der Waals surface area contributed by atoms with E-state index < -0.39 is 88.2 Å². The molecule has 1 aromatic carbocycles. The third kappa shape index (κ3) is 7.05. The second-order valence-corrected chi connectivity index (χ2v) is 13.8. The summed E-state index contributed by atoms with van der Waals surface area (Å²) in [6.07, 6.45) is -3.67. The molecule has 3 saturated heterocycles. The maximum absolute atomic E-state index is 14.0. The molecule has 49 heavy (non-hydrogen) atoms. The van der Waals surface area contributed by atoms with Gasteiger partial charge in [-0.3, -0.25) is 34.2 Å². The van der Waals surface area contributed by atoms with Crippen LogP contribution in [0.5, 0.6) is 0 Å². The Hall–Kier alpha value is -4.71. The molecule has 0 bridgehead atoms. The van der Waals surface area contributed by atoms with Gasteiger partial charge in [0.25, 0.3) is 5.69 Å². The van der Waals surface area contributed by atoms with Gasteiger partial charge in [0.05, 0.1) is 36.1 Å². The number of ether oxygens (including phenoxy) is 3. The SMILES string of the molecule is CC(=O)O[C@H]1CN(C(=O)[C@@H]2C[C@H](SC3=C(C(=O)O)N4C(=O)[C@H]([C@@H](C)O)[C@H]4[C@H]3C)CN2C(=O)OCc2ccc([N+](=O)[O-])cc2)C[C@@H]1OC(C)=O. The molecular weight excluding hydrogens is 668 g/mol. The van der Waals surface area contributed by atoms with E-state index >= 15 is 0 Å². The van der Waals surface area contributed by atoms with Crippen LogP contribution < -0.4 is 0 Å². The van der Waals surface area contributed by atoms with Gasteiger partial charge >= 0.3 is 24.0 Å². The average molecular weight is 705 g/mol. The molecule has 8 atom stereocenters. The van der Waals surface area contributed by atoms with Crippen LogP contribution >= 0.6 is 11.8 Å². The number of amides is 3. The summed E-state index contributed by atoms with van der Waals surface area (Å²) in [4.78, 5) is 90.8. The van der Waals surface area contributed by atoms with Gasteiger partial charge < -0.3 is 34.2 Å². The Bertz CT molecular complexity index is 1570. The molecule has 0 radical (unpaired) electrons. The highest BCUT2D eigenvalue weighted by Crippen LogP contribution is 2.52. The molecule has 4 aliphatic rings. The molecule has 264 valence electrons. The minimum atomic E-state index is -1.32. The summed E-state index contributed by atoms with van der Waals surface area (Å²) >= 11 is 1.14. The number of carbonyl (C=O) groups excluding carboxylic acids is 5. The third-order valence-corrected chi connectivity index (χ3v) is 10.6. The number of aliphatic carboxylic acids is 1. The number of rotatable bonds is 10. The van der Waals surface area contributed by atoms with Gasteiger partial charge in [0.2, 0.25) is 11.8 Å². The van der Waals surface area contributed by atoms with E-state index in [1.807, 2.05) is 0 Å². The van der Waals surface area contributed by atoms with E-state index in [2.05, 4.69) is 0 Å².